The van der Waals surface area contributed by atoms with E-state index in [1.165, 1.54) is 18.2 Å². The van der Waals surface area contributed by atoms with Crippen LogP contribution < -0.4 is 16.0 Å². The molecule has 1 aliphatic rings. The van der Waals surface area contributed by atoms with Gasteiger partial charge in [-0.2, -0.15) is 0 Å². The highest BCUT2D eigenvalue weighted by atomic mass is 32.2. The van der Waals surface area contributed by atoms with E-state index in [1.807, 2.05) is 65.2 Å². The van der Waals surface area contributed by atoms with E-state index in [4.69, 9.17) is 5.73 Å². The summed E-state index contributed by atoms with van der Waals surface area (Å²) in [5, 5.41) is 11.0. The first kappa shape index (κ1) is 20.9. The number of imide groups is 1. The van der Waals surface area contributed by atoms with Crippen molar-refractivity contribution in [2.45, 2.75) is 29.7 Å². The second-order valence-corrected chi connectivity index (χ2v) is 8.34. The summed E-state index contributed by atoms with van der Waals surface area (Å²) in [4.78, 5) is 26.4. The van der Waals surface area contributed by atoms with E-state index in [0.717, 1.165) is 43.1 Å². The second-order valence-electron chi connectivity index (χ2n) is 7.26. The highest BCUT2D eigenvalue weighted by molar-refractivity contribution is 8.00. The van der Waals surface area contributed by atoms with Crippen LogP contribution in [-0.2, 0) is 4.79 Å². The summed E-state index contributed by atoms with van der Waals surface area (Å²) in [7, 11) is 0. The third-order valence-corrected chi connectivity index (χ3v) is 6.28. The first-order chi connectivity index (χ1) is 15.1. The van der Waals surface area contributed by atoms with Crippen LogP contribution in [0.1, 0.15) is 30.1 Å². The standard InChI is InChI=1S/C22H24N6O2S/c23-20(30)24-19(29)18(16-10-4-1-5-11-16)31-22-26-25-21(27-14-8-3-9-15-27)28(22)17-12-6-2-7-13-17/h1-2,4-7,10-13,18H,3,8-9,14-15H2,(H3,23,24,29,30)/t18-/m0/s1. The number of benzene rings is 2. The van der Waals surface area contributed by atoms with Crippen LogP contribution in [0.3, 0.4) is 0 Å². The zero-order valence-electron chi connectivity index (χ0n) is 17.0. The molecule has 2 heterocycles. The molecule has 1 aliphatic heterocycles. The number of hydrogen-bond donors (Lipinski definition) is 2. The van der Waals surface area contributed by atoms with Gasteiger partial charge in [0.05, 0.1) is 5.69 Å². The first-order valence-electron chi connectivity index (χ1n) is 10.2. The van der Waals surface area contributed by atoms with Gasteiger partial charge >= 0.3 is 6.03 Å². The zero-order chi connectivity index (χ0) is 21.6. The van der Waals surface area contributed by atoms with Crippen molar-refractivity contribution in [3.8, 4) is 5.69 Å². The van der Waals surface area contributed by atoms with Crippen molar-refractivity contribution in [1.29, 1.82) is 0 Å². The fraction of sp³-hybridized carbons (Fsp3) is 0.273. The Morgan fingerprint density at radius 3 is 2.23 bits per heavy atom. The summed E-state index contributed by atoms with van der Waals surface area (Å²) in [6.07, 6.45) is 3.43. The predicted molar refractivity (Wildman–Crippen MR) is 120 cm³/mol. The van der Waals surface area contributed by atoms with Crippen LogP contribution in [0.5, 0.6) is 0 Å². The van der Waals surface area contributed by atoms with E-state index >= 15 is 0 Å². The summed E-state index contributed by atoms with van der Waals surface area (Å²) in [5.74, 6) is 0.265. The summed E-state index contributed by atoms with van der Waals surface area (Å²) < 4.78 is 1.98. The van der Waals surface area contributed by atoms with Crippen molar-refractivity contribution < 1.29 is 9.59 Å². The monoisotopic (exact) mass is 436 g/mol. The quantitative estimate of drug-likeness (QED) is 0.575. The van der Waals surface area contributed by atoms with Crippen molar-refractivity contribution in [2.75, 3.05) is 18.0 Å². The molecule has 9 heteroatoms. The molecule has 160 valence electrons. The Morgan fingerprint density at radius 1 is 0.935 bits per heavy atom. The van der Waals surface area contributed by atoms with Crippen molar-refractivity contribution in [3.05, 3.63) is 66.2 Å². The van der Waals surface area contributed by atoms with E-state index in [0.29, 0.717) is 5.16 Å². The molecule has 3 N–H and O–H groups in total. The molecule has 0 aliphatic carbocycles. The number of aromatic nitrogens is 3. The lowest BCUT2D eigenvalue weighted by atomic mass is 10.1. The third-order valence-electron chi connectivity index (χ3n) is 5.08. The van der Waals surface area contributed by atoms with Gasteiger partial charge in [-0.1, -0.05) is 60.3 Å². The first-order valence-corrected chi connectivity index (χ1v) is 11.1. The van der Waals surface area contributed by atoms with Gasteiger partial charge in [0.2, 0.25) is 11.9 Å². The number of anilines is 1. The topological polar surface area (TPSA) is 106 Å². The summed E-state index contributed by atoms with van der Waals surface area (Å²) in [6.45, 7) is 1.83. The summed E-state index contributed by atoms with van der Waals surface area (Å²) in [5.41, 5.74) is 6.86. The Kier molecular flexibility index (Phi) is 6.51. The molecular weight excluding hydrogens is 412 g/mol. The van der Waals surface area contributed by atoms with E-state index in [2.05, 4.69) is 20.4 Å². The molecular formula is C22H24N6O2S. The van der Waals surface area contributed by atoms with Crippen LogP contribution in [-0.4, -0.2) is 39.8 Å². The molecule has 1 fully saturated rings. The number of hydrogen-bond acceptors (Lipinski definition) is 6. The normalized spacial score (nSPS) is 14.8. The van der Waals surface area contributed by atoms with Gasteiger partial charge in [-0.05, 0) is 37.0 Å². The fourth-order valence-electron chi connectivity index (χ4n) is 3.63. The highest BCUT2D eigenvalue weighted by Gasteiger charge is 2.28. The molecule has 3 aromatic rings. The number of piperidine rings is 1. The third kappa shape index (κ3) is 4.88. The van der Waals surface area contributed by atoms with E-state index < -0.39 is 17.2 Å². The number of rotatable bonds is 6. The smallest absolute Gasteiger partial charge is 0.318 e. The maximum absolute atomic E-state index is 12.8. The SMILES string of the molecule is NC(=O)NC(=O)[C@@H](Sc1nnc(N2CCCCC2)n1-c1ccccc1)c1ccccc1. The van der Waals surface area contributed by atoms with E-state index in [9.17, 15) is 9.59 Å². The molecule has 4 rings (SSSR count). The van der Waals surface area contributed by atoms with Crippen LogP contribution in [0.25, 0.3) is 5.69 Å². The molecule has 1 atom stereocenters. The lowest BCUT2D eigenvalue weighted by Crippen LogP contribution is -2.37. The predicted octanol–water partition coefficient (Wildman–Crippen LogP) is 3.29. The Morgan fingerprint density at radius 2 is 1.58 bits per heavy atom. The average Bonchev–Trinajstić information content (AvgIpc) is 3.22. The Balaban J connectivity index is 1.74. The number of amides is 3. The molecule has 3 amide bonds. The van der Waals surface area contributed by atoms with Crippen LogP contribution in [0.4, 0.5) is 10.7 Å². The molecule has 8 nitrogen and oxygen atoms in total. The number of para-hydroxylation sites is 1. The van der Waals surface area contributed by atoms with Crippen LogP contribution in [0.15, 0.2) is 65.8 Å². The van der Waals surface area contributed by atoms with Gasteiger partial charge < -0.3 is 10.6 Å². The highest BCUT2D eigenvalue weighted by Crippen LogP contribution is 2.37. The van der Waals surface area contributed by atoms with Gasteiger partial charge in [-0.15, -0.1) is 10.2 Å². The molecule has 0 unspecified atom stereocenters. The minimum atomic E-state index is -0.884. The van der Waals surface area contributed by atoms with Crippen molar-refractivity contribution >= 4 is 29.6 Å². The number of nitrogens with two attached hydrogens (primary N) is 1. The maximum atomic E-state index is 12.8. The van der Waals surface area contributed by atoms with Gasteiger partial charge in [0.25, 0.3) is 0 Å². The van der Waals surface area contributed by atoms with Gasteiger partial charge in [0.1, 0.15) is 5.25 Å². The van der Waals surface area contributed by atoms with Gasteiger partial charge in [0, 0.05) is 13.1 Å². The molecule has 0 radical (unpaired) electrons. The minimum absolute atomic E-state index is 0.495. The molecule has 1 aromatic heterocycles. The molecule has 0 saturated carbocycles. The van der Waals surface area contributed by atoms with Crippen LogP contribution in [0, 0.1) is 0 Å². The maximum Gasteiger partial charge on any atom is 0.318 e. The van der Waals surface area contributed by atoms with E-state index in [1.54, 1.807) is 0 Å². The summed E-state index contributed by atoms with van der Waals surface area (Å²) >= 11 is 1.24. The number of nitrogens with one attached hydrogen (secondary N) is 1. The molecule has 0 spiro atoms. The van der Waals surface area contributed by atoms with Gasteiger partial charge in [-0.3, -0.25) is 14.7 Å². The Labute approximate surface area is 184 Å². The lowest BCUT2D eigenvalue weighted by molar-refractivity contribution is -0.119. The molecule has 1 saturated heterocycles. The molecule has 2 aromatic carbocycles. The number of carbonyl (C=O) groups excluding carboxylic acids is 2. The molecule has 31 heavy (non-hydrogen) atoms. The zero-order valence-corrected chi connectivity index (χ0v) is 17.8. The molecule has 0 bridgehead atoms. The minimum Gasteiger partial charge on any atom is -0.351 e. The fourth-order valence-corrected chi connectivity index (χ4v) is 4.68. The van der Waals surface area contributed by atoms with Crippen molar-refractivity contribution in [2.24, 2.45) is 5.73 Å². The number of primary amides is 1. The number of thioether (sulfide) groups is 1. The van der Waals surface area contributed by atoms with Gasteiger partial charge in [-0.25, -0.2) is 4.79 Å². The number of carbonyl (C=O) groups is 2. The summed E-state index contributed by atoms with van der Waals surface area (Å²) in [6, 6.07) is 18.2. The largest absolute Gasteiger partial charge is 0.351 e. The number of urea groups is 1. The lowest BCUT2D eigenvalue weighted by Gasteiger charge is -2.28. The Hall–Kier alpha value is -3.33. The second kappa shape index (κ2) is 9.65. The van der Waals surface area contributed by atoms with Crippen LogP contribution >= 0.6 is 11.8 Å². The van der Waals surface area contributed by atoms with Crippen molar-refractivity contribution in [1.82, 2.24) is 20.1 Å². The van der Waals surface area contributed by atoms with Gasteiger partial charge in [0.15, 0.2) is 5.16 Å². The average molecular weight is 437 g/mol. The van der Waals surface area contributed by atoms with Crippen molar-refractivity contribution in [3.63, 3.8) is 0 Å². The Bertz CT molecular complexity index is 1030. The van der Waals surface area contributed by atoms with Crippen LogP contribution in [0.2, 0.25) is 0 Å². The van der Waals surface area contributed by atoms with E-state index in [-0.39, 0.29) is 0 Å². The number of nitrogens with zero attached hydrogens (tertiary/aromatic N) is 4.